The molecule has 7 heteroatoms. The first kappa shape index (κ1) is 19.2. The van der Waals surface area contributed by atoms with Crippen LogP contribution in [-0.4, -0.2) is 58.8 Å². The monoisotopic (exact) mass is 370 g/mol. The maximum absolute atomic E-state index is 12.9. The normalized spacial score (nSPS) is 17.5. The van der Waals surface area contributed by atoms with Gasteiger partial charge in [0.15, 0.2) is 0 Å². The summed E-state index contributed by atoms with van der Waals surface area (Å²) in [6.07, 6.45) is 7.48. The van der Waals surface area contributed by atoms with Crippen LogP contribution >= 0.6 is 0 Å². The van der Waals surface area contributed by atoms with E-state index in [9.17, 15) is 4.79 Å². The van der Waals surface area contributed by atoms with Gasteiger partial charge in [-0.3, -0.25) is 9.48 Å². The minimum Gasteiger partial charge on any atom is -0.381 e. The molecule has 7 nitrogen and oxygen atoms in total. The van der Waals surface area contributed by atoms with E-state index in [2.05, 4.69) is 21.5 Å². The van der Waals surface area contributed by atoms with E-state index in [4.69, 9.17) is 0 Å². The molecule has 146 valence electrons. The highest BCUT2D eigenvalue weighted by Crippen LogP contribution is 2.20. The second-order valence-electron chi connectivity index (χ2n) is 7.38. The summed E-state index contributed by atoms with van der Waals surface area (Å²) < 4.78 is 1.73. The molecule has 1 amide bonds. The largest absolute Gasteiger partial charge is 0.381 e. The molecule has 1 aliphatic rings. The molecule has 1 aliphatic heterocycles. The number of rotatable bonds is 5. The highest BCUT2D eigenvalue weighted by Gasteiger charge is 2.24. The van der Waals surface area contributed by atoms with E-state index >= 15 is 0 Å². The SMILES string of the molecule is CCc1nn(C)cc1C(=O)N1CCCC(Nc2ccc(N(C)C)nc2)CC1. The van der Waals surface area contributed by atoms with Crippen LogP contribution in [-0.2, 0) is 13.5 Å². The fraction of sp³-hybridized carbons (Fsp3) is 0.550. The van der Waals surface area contributed by atoms with E-state index in [0.29, 0.717) is 6.04 Å². The first-order chi connectivity index (χ1) is 13.0. The van der Waals surface area contributed by atoms with Gasteiger partial charge in [-0.1, -0.05) is 6.92 Å². The predicted octanol–water partition coefficient (Wildman–Crippen LogP) is 2.55. The second kappa shape index (κ2) is 8.41. The molecular weight excluding hydrogens is 340 g/mol. The van der Waals surface area contributed by atoms with Gasteiger partial charge in [0.05, 0.1) is 23.1 Å². The summed E-state index contributed by atoms with van der Waals surface area (Å²) in [5.74, 6) is 1.05. The standard InChI is InChI=1S/C20H30N6O/c1-5-18-17(14-25(4)23-18)20(27)26-11-6-7-15(10-12-26)22-16-8-9-19(21-13-16)24(2)3/h8-9,13-15,22H,5-7,10-12H2,1-4H3. The summed E-state index contributed by atoms with van der Waals surface area (Å²) >= 11 is 0. The van der Waals surface area contributed by atoms with Crippen LogP contribution in [0.15, 0.2) is 24.5 Å². The Balaban J connectivity index is 1.60. The number of carbonyl (C=O) groups excluding carboxylic acids is 1. The van der Waals surface area contributed by atoms with Crippen molar-refractivity contribution in [3.05, 3.63) is 35.8 Å². The van der Waals surface area contributed by atoms with Gasteiger partial charge in [-0.15, -0.1) is 0 Å². The molecule has 0 saturated carbocycles. The number of amides is 1. The lowest BCUT2D eigenvalue weighted by atomic mass is 10.1. The van der Waals surface area contributed by atoms with Gasteiger partial charge in [-0.05, 0) is 37.8 Å². The number of nitrogens with one attached hydrogen (secondary N) is 1. The van der Waals surface area contributed by atoms with Crippen molar-refractivity contribution in [3.63, 3.8) is 0 Å². The number of hydrogen-bond acceptors (Lipinski definition) is 5. The van der Waals surface area contributed by atoms with Crippen LogP contribution in [0.2, 0.25) is 0 Å². The molecule has 1 N–H and O–H groups in total. The van der Waals surface area contributed by atoms with E-state index in [1.807, 2.05) is 56.3 Å². The first-order valence-electron chi connectivity index (χ1n) is 9.69. The maximum Gasteiger partial charge on any atom is 0.257 e. The van der Waals surface area contributed by atoms with Crippen LogP contribution in [0, 0.1) is 0 Å². The van der Waals surface area contributed by atoms with E-state index in [1.54, 1.807) is 4.68 Å². The molecule has 0 aliphatic carbocycles. The van der Waals surface area contributed by atoms with Crippen LogP contribution < -0.4 is 10.2 Å². The Kier molecular flexibility index (Phi) is 5.98. The Hall–Kier alpha value is -2.57. The zero-order chi connectivity index (χ0) is 19.4. The third-order valence-electron chi connectivity index (χ3n) is 5.06. The van der Waals surface area contributed by atoms with E-state index in [-0.39, 0.29) is 5.91 Å². The smallest absolute Gasteiger partial charge is 0.257 e. The van der Waals surface area contributed by atoms with Crippen LogP contribution in [0.3, 0.4) is 0 Å². The summed E-state index contributed by atoms with van der Waals surface area (Å²) in [5.41, 5.74) is 2.66. The number of anilines is 2. The van der Waals surface area contributed by atoms with Gasteiger partial charge >= 0.3 is 0 Å². The van der Waals surface area contributed by atoms with Crippen molar-refractivity contribution in [2.45, 2.75) is 38.6 Å². The van der Waals surface area contributed by atoms with Gasteiger partial charge in [0, 0.05) is 46.5 Å². The Bertz CT molecular complexity index is 767. The molecule has 2 aromatic heterocycles. The molecule has 0 bridgehead atoms. The lowest BCUT2D eigenvalue weighted by molar-refractivity contribution is 0.0760. The first-order valence-corrected chi connectivity index (χ1v) is 9.69. The van der Waals surface area contributed by atoms with Crippen LogP contribution in [0.4, 0.5) is 11.5 Å². The minimum absolute atomic E-state index is 0.109. The second-order valence-corrected chi connectivity index (χ2v) is 7.38. The van der Waals surface area contributed by atoms with Crippen molar-refractivity contribution < 1.29 is 4.79 Å². The molecule has 0 radical (unpaired) electrons. The number of hydrogen-bond donors (Lipinski definition) is 1. The molecular formula is C20H30N6O. The molecule has 3 rings (SSSR count). The van der Waals surface area contributed by atoms with E-state index in [1.165, 1.54) is 0 Å². The number of aryl methyl sites for hydroxylation is 2. The third-order valence-corrected chi connectivity index (χ3v) is 5.06. The number of carbonyl (C=O) groups is 1. The average molecular weight is 371 g/mol. The Labute approximate surface area is 161 Å². The topological polar surface area (TPSA) is 66.3 Å². The molecule has 1 unspecified atom stereocenters. The quantitative estimate of drug-likeness (QED) is 0.876. The van der Waals surface area contributed by atoms with Gasteiger partial charge in [0.25, 0.3) is 5.91 Å². The van der Waals surface area contributed by atoms with Gasteiger partial charge in [-0.2, -0.15) is 5.10 Å². The van der Waals surface area contributed by atoms with Crippen LogP contribution in [0.5, 0.6) is 0 Å². The molecule has 0 aromatic carbocycles. The number of pyridine rings is 1. The van der Waals surface area contributed by atoms with Gasteiger partial charge in [0.2, 0.25) is 0 Å². The van der Waals surface area contributed by atoms with Crippen molar-refractivity contribution in [3.8, 4) is 0 Å². The molecule has 2 aromatic rings. The van der Waals surface area contributed by atoms with Crippen LogP contribution in [0.25, 0.3) is 0 Å². The molecule has 3 heterocycles. The molecule has 27 heavy (non-hydrogen) atoms. The Morgan fingerprint density at radius 2 is 2.11 bits per heavy atom. The van der Waals surface area contributed by atoms with Crippen molar-refractivity contribution in [1.82, 2.24) is 19.7 Å². The number of nitrogens with zero attached hydrogens (tertiary/aromatic N) is 5. The Morgan fingerprint density at radius 1 is 1.30 bits per heavy atom. The fourth-order valence-electron chi connectivity index (χ4n) is 3.56. The van der Waals surface area contributed by atoms with E-state index in [0.717, 1.165) is 61.5 Å². The lowest BCUT2D eigenvalue weighted by Gasteiger charge is -2.21. The number of aromatic nitrogens is 3. The van der Waals surface area contributed by atoms with Gasteiger partial charge in [0.1, 0.15) is 5.82 Å². The summed E-state index contributed by atoms with van der Waals surface area (Å²) in [7, 11) is 5.84. The van der Waals surface area contributed by atoms with Crippen LogP contribution in [0.1, 0.15) is 42.2 Å². The fourth-order valence-corrected chi connectivity index (χ4v) is 3.56. The third kappa shape index (κ3) is 4.59. The average Bonchev–Trinajstić information content (AvgIpc) is 2.89. The van der Waals surface area contributed by atoms with Gasteiger partial charge < -0.3 is 15.1 Å². The summed E-state index contributed by atoms with van der Waals surface area (Å²) in [4.78, 5) is 21.4. The maximum atomic E-state index is 12.9. The summed E-state index contributed by atoms with van der Waals surface area (Å²) in [5, 5.41) is 7.98. The van der Waals surface area contributed by atoms with Crippen molar-refractivity contribution in [2.75, 3.05) is 37.4 Å². The summed E-state index contributed by atoms with van der Waals surface area (Å²) in [6.45, 7) is 3.60. The Morgan fingerprint density at radius 3 is 2.78 bits per heavy atom. The zero-order valence-electron chi connectivity index (χ0n) is 16.8. The number of likely N-dealkylation sites (tertiary alicyclic amines) is 1. The van der Waals surface area contributed by atoms with Crippen molar-refractivity contribution >= 4 is 17.4 Å². The van der Waals surface area contributed by atoms with E-state index < -0.39 is 0 Å². The lowest BCUT2D eigenvalue weighted by Crippen LogP contribution is -2.33. The van der Waals surface area contributed by atoms with Crippen molar-refractivity contribution in [1.29, 1.82) is 0 Å². The molecule has 1 atom stereocenters. The highest BCUT2D eigenvalue weighted by atomic mass is 16.2. The van der Waals surface area contributed by atoms with Gasteiger partial charge in [-0.25, -0.2) is 4.98 Å². The minimum atomic E-state index is 0.109. The molecule has 1 fully saturated rings. The summed E-state index contributed by atoms with van der Waals surface area (Å²) in [6, 6.07) is 4.44. The molecule has 1 saturated heterocycles. The zero-order valence-corrected chi connectivity index (χ0v) is 16.8. The predicted molar refractivity (Wildman–Crippen MR) is 108 cm³/mol. The van der Waals surface area contributed by atoms with Crippen molar-refractivity contribution in [2.24, 2.45) is 7.05 Å². The molecule has 0 spiro atoms. The highest BCUT2D eigenvalue weighted by molar-refractivity contribution is 5.95.